The molecule has 0 bridgehead atoms. The summed E-state index contributed by atoms with van der Waals surface area (Å²) in [5.41, 5.74) is 13.7. The van der Waals surface area contributed by atoms with E-state index in [9.17, 15) is 5.11 Å². The number of phenolic OH excluding ortho intramolecular Hbond substituents is 1. The monoisotopic (exact) mass is 1020 g/mol. The van der Waals surface area contributed by atoms with E-state index in [1.807, 2.05) is 30.5 Å². The quantitative estimate of drug-likeness (QED) is 0.162. The molecule has 65 heavy (non-hydrogen) atoms. The van der Waals surface area contributed by atoms with Gasteiger partial charge in [-0.1, -0.05) is 173 Å². The van der Waals surface area contributed by atoms with E-state index in [0.717, 1.165) is 88.5 Å². The summed E-state index contributed by atoms with van der Waals surface area (Å²) in [6.07, 6.45) is 1.85. The second-order valence-corrected chi connectivity index (χ2v) is 18.3. The maximum atomic E-state index is 11.5. The molecule has 320 valence electrons. The van der Waals surface area contributed by atoms with Crippen LogP contribution in [0.1, 0.15) is 51.3 Å². The molecule has 11 aromatic rings. The van der Waals surface area contributed by atoms with E-state index in [1.165, 1.54) is 11.1 Å². The topological polar surface area (TPSA) is 64.1 Å². The zero-order valence-corrected chi connectivity index (χ0v) is 39.1. The summed E-state index contributed by atoms with van der Waals surface area (Å²) < 4.78 is 8.60. The third-order valence-corrected chi connectivity index (χ3v) is 12.9. The Balaban J connectivity index is 0.00000498. The van der Waals surface area contributed by atoms with Gasteiger partial charge in [0.2, 0.25) is 0 Å². The van der Waals surface area contributed by atoms with Crippen molar-refractivity contribution in [3.63, 3.8) is 0 Å². The number of phenols is 1. The summed E-state index contributed by atoms with van der Waals surface area (Å²) >= 11 is 0. The standard InChI is InChI=1S/C59H46N3O2.Pt/c1-58(2,3)42-28-29-50(47(34-42)37-17-8-6-9-18-37)62-51-25-16-24-45(56(51)61-57(62)46-23-14-15-26-52(46)63)39-31-40(33-43(32-39)59(4,5)41-20-10-7-11-21-41)49-35-48-54(36-60-49)64-53-30-27-38-19-12-13-22-44(38)55(48)53;/h6-30,32-36,63H,1-5H3;/q-1;. The summed E-state index contributed by atoms with van der Waals surface area (Å²) in [5, 5.41) is 15.9. The van der Waals surface area contributed by atoms with Gasteiger partial charge >= 0.3 is 0 Å². The Bertz CT molecular complexity index is 3580. The van der Waals surface area contributed by atoms with Crippen LogP contribution < -0.4 is 0 Å². The van der Waals surface area contributed by atoms with Crippen LogP contribution in [0.4, 0.5) is 0 Å². The molecule has 3 heterocycles. The summed E-state index contributed by atoms with van der Waals surface area (Å²) in [5.74, 6) is 0.808. The molecule has 0 saturated heterocycles. The molecule has 0 amide bonds. The molecular formula is C59H46N3O2Pt-. The van der Waals surface area contributed by atoms with Crippen molar-refractivity contribution >= 4 is 43.7 Å². The first kappa shape index (κ1) is 41.9. The second kappa shape index (κ2) is 16.2. The minimum atomic E-state index is -0.379. The maximum Gasteiger partial charge on any atom is 0.152 e. The van der Waals surface area contributed by atoms with Crippen molar-refractivity contribution in [2.45, 2.75) is 45.4 Å². The summed E-state index contributed by atoms with van der Waals surface area (Å²) in [6.45, 7) is 11.3. The number of hydrogen-bond acceptors (Lipinski definition) is 4. The third-order valence-electron chi connectivity index (χ3n) is 12.9. The molecule has 0 aliphatic heterocycles. The number of rotatable bonds is 7. The zero-order valence-electron chi connectivity index (χ0n) is 36.8. The maximum absolute atomic E-state index is 11.5. The molecule has 6 heteroatoms. The van der Waals surface area contributed by atoms with Crippen LogP contribution >= 0.6 is 0 Å². The van der Waals surface area contributed by atoms with Crippen LogP contribution in [-0.2, 0) is 31.9 Å². The third kappa shape index (κ3) is 7.25. The van der Waals surface area contributed by atoms with Crippen molar-refractivity contribution in [1.29, 1.82) is 0 Å². The minimum absolute atomic E-state index is 0. The number of aromatic nitrogens is 3. The first-order chi connectivity index (χ1) is 31.0. The number of nitrogens with zero attached hydrogens (tertiary/aromatic N) is 3. The van der Waals surface area contributed by atoms with Gasteiger partial charge in [0.25, 0.3) is 0 Å². The van der Waals surface area contributed by atoms with Crippen LogP contribution in [0.15, 0.2) is 187 Å². The van der Waals surface area contributed by atoms with Crippen LogP contribution in [0.5, 0.6) is 5.75 Å². The van der Waals surface area contributed by atoms with Crippen LogP contribution in [0, 0.1) is 6.07 Å². The fourth-order valence-electron chi connectivity index (χ4n) is 9.29. The Kier molecular flexibility index (Phi) is 10.4. The van der Waals surface area contributed by atoms with Gasteiger partial charge in [0.1, 0.15) is 17.2 Å². The number of para-hydroxylation sites is 2. The Morgan fingerprint density at radius 3 is 2.06 bits per heavy atom. The number of imidazole rings is 1. The van der Waals surface area contributed by atoms with Crippen molar-refractivity contribution < 1.29 is 30.6 Å². The molecule has 11 rings (SSSR count). The SMILES string of the molecule is CC(C)(C)c1ccc(-n2c(-c3ccccc3O)nc3c(-c4[c-]c(-c5cc6c(cn5)oc5ccc7ccccc7c56)cc(C(C)(C)c5ccccc5)c4)cccc32)c(-c2ccccc2)c1.[Pt]. The molecule has 1 N–H and O–H groups in total. The van der Waals surface area contributed by atoms with Crippen molar-refractivity contribution in [3.8, 4) is 56.3 Å². The Hall–Kier alpha value is -7.07. The smallest absolute Gasteiger partial charge is 0.152 e. The second-order valence-electron chi connectivity index (χ2n) is 18.3. The van der Waals surface area contributed by atoms with Gasteiger partial charge in [-0.15, -0.1) is 29.3 Å². The number of furan rings is 1. The number of pyridine rings is 1. The van der Waals surface area contributed by atoms with Crippen molar-refractivity contribution in [2.24, 2.45) is 0 Å². The largest absolute Gasteiger partial charge is 0.507 e. The van der Waals surface area contributed by atoms with Gasteiger partial charge in [-0.25, -0.2) is 4.98 Å². The molecule has 3 aromatic heterocycles. The molecular weight excluding hydrogens is 978 g/mol. The van der Waals surface area contributed by atoms with Gasteiger partial charge in [0.15, 0.2) is 5.58 Å². The van der Waals surface area contributed by atoms with Gasteiger partial charge in [-0.2, -0.15) is 0 Å². The van der Waals surface area contributed by atoms with Gasteiger partial charge in [-0.05, 0) is 69.3 Å². The van der Waals surface area contributed by atoms with E-state index in [2.05, 4.69) is 191 Å². The Morgan fingerprint density at radius 2 is 1.28 bits per heavy atom. The first-order valence-electron chi connectivity index (χ1n) is 21.9. The average molecular weight is 1020 g/mol. The summed E-state index contributed by atoms with van der Waals surface area (Å²) in [7, 11) is 0. The summed E-state index contributed by atoms with van der Waals surface area (Å²) in [6, 6.07) is 64.9. The van der Waals surface area contributed by atoms with E-state index >= 15 is 0 Å². The van der Waals surface area contributed by atoms with Crippen LogP contribution in [0.2, 0.25) is 0 Å². The van der Waals surface area contributed by atoms with E-state index in [4.69, 9.17) is 14.4 Å². The molecule has 5 nitrogen and oxygen atoms in total. The van der Waals surface area contributed by atoms with Gasteiger partial charge in [0.05, 0.1) is 28.5 Å². The van der Waals surface area contributed by atoms with Gasteiger partial charge in [0, 0.05) is 48.5 Å². The number of hydrogen-bond donors (Lipinski definition) is 1. The molecule has 0 saturated carbocycles. The Labute approximate surface area is 393 Å². The molecule has 8 aromatic carbocycles. The average Bonchev–Trinajstić information content (AvgIpc) is 3.90. The molecule has 0 atom stereocenters. The molecule has 0 spiro atoms. The number of fused-ring (bicyclic) bond motifs is 6. The van der Waals surface area contributed by atoms with E-state index in [-0.39, 0.29) is 37.6 Å². The summed E-state index contributed by atoms with van der Waals surface area (Å²) in [4.78, 5) is 10.5. The van der Waals surface area contributed by atoms with E-state index in [1.54, 1.807) is 6.07 Å². The van der Waals surface area contributed by atoms with Crippen molar-refractivity contribution in [2.75, 3.05) is 0 Å². The van der Waals surface area contributed by atoms with Crippen LogP contribution in [0.3, 0.4) is 0 Å². The van der Waals surface area contributed by atoms with E-state index < -0.39 is 0 Å². The molecule has 0 aliphatic rings. The van der Waals surface area contributed by atoms with E-state index in [0.29, 0.717) is 11.4 Å². The van der Waals surface area contributed by atoms with Crippen LogP contribution in [0.25, 0.3) is 94.3 Å². The fraction of sp³-hybridized carbons (Fsp3) is 0.119. The zero-order chi connectivity index (χ0) is 43.7. The number of aromatic hydroxyl groups is 1. The van der Waals surface area contributed by atoms with Crippen LogP contribution in [-0.4, -0.2) is 19.6 Å². The molecule has 0 unspecified atom stereocenters. The molecule has 0 aliphatic carbocycles. The normalized spacial score (nSPS) is 12.0. The molecule has 0 radical (unpaired) electrons. The van der Waals surface area contributed by atoms with Gasteiger partial charge < -0.3 is 9.52 Å². The van der Waals surface area contributed by atoms with Gasteiger partial charge in [-0.3, -0.25) is 9.55 Å². The van der Waals surface area contributed by atoms with Crippen molar-refractivity contribution in [3.05, 3.63) is 205 Å². The minimum Gasteiger partial charge on any atom is -0.507 e. The predicted molar refractivity (Wildman–Crippen MR) is 263 cm³/mol. The first-order valence-corrected chi connectivity index (χ1v) is 21.9. The molecule has 0 fully saturated rings. The number of benzene rings is 8. The fourth-order valence-corrected chi connectivity index (χ4v) is 9.29. The Morgan fingerprint density at radius 1 is 0.569 bits per heavy atom. The predicted octanol–water partition coefficient (Wildman–Crippen LogP) is 15.3. The van der Waals surface area contributed by atoms with Crippen molar-refractivity contribution in [1.82, 2.24) is 14.5 Å².